The second-order valence-corrected chi connectivity index (χ2v) is 6.74. The molecule has 0 aromatic carbocycles. The lowest BCUT2D eigenvalue weighted by Gasteiger charge is -2.06. The molecule has 0 aliphatic rings. The van der Waals surface area contributed by atoms with Gasteiger partial charge in [-0.1, -0.05) is 38.8 Å². The second-order valence-electron chi connectivity index (χ2n) is 2.50. The highest BCUT2D eigenvalue weighted by atomic mass is 79.9. The van der Waals surface area contributed by atoms with Crippen LogP contribution >= 0.6 is 31.9 Å². The van der Waals surface area contributed by atoms with Gasteiger partial charge in [0.2, 0.25) is 0 Å². The van der Waals surface area contributed by atoms with Crippen molar-refractivity contribution in [2.45, 2.75) is 37.3 Å². The molecule has 0 N–H and O–H groups in total. The van der Waals surface area contributed by atoms with Crippen molar-refractivity contribution in [3.63, 3.8) is 0 Å². The van der Waals surface area contributed by atoms with Gasteiger partial charge in [-0.15, -0.1) is 0 Å². The monoisotopic (exact) mass is 300 g/mol. The predicted octanol–water partition coefficient (Wildman–Crippen LogP) is 3.07. The van der Waals surface area contributed by atoms with E-state index in [-0.39, 0.29) is 11.6 Å². The van der Waals surface area contributed by atoms with Gasteiger partial charge in [0.25, 0.3) is 0 Å². The number of halogens is 2. The molecule has 0 saturated heterocycles. The van der Waals surface area contributed by atoms with E-state index >= 15 is 0 Å². The zero-order chi connectivity index (χ0) is 10.4. The zero-order valence-electron chi connectivity index (χ0n) is 7.78. The molecule has 0 aliphatic heterocycles. The molecule has 2 nitrogen and oxygen atoms in total. The zero-order valence-corrected chi connectivity index (χ0v) is 11.0. The molecule has 0 amide bonds. The van der Waals surface area contributed by atoms with Crippen molar-refractivity contribution in [3.8, 4) is 0 Å². The molecule has 72 valence electrons. The van der Waals surface area contributed by atoms with E-state index < -0.39 is 3.23 Å². The number of carbonyl (C=O) groups is 2. The van der Waals surface area contributed by atoms with Crippen LogP contribution in [-0.4, -0.2) is 14.8 Å². The Morgan fingerprint density at radius 1 is 1.25 bits per heavy atom. The van der Waals surface area contributed by atoms with Crippen LogP contribution < -0.4 is 0 Å². The lowest BCUT2D eigenvalue weighted by Crippen LogP contribution is -2.15. The molecular weight excluding hydrogens is 288 g/mol. The van der Waals surface area contributed by atoms with Gasteiger partial charge in [0.15, 0.2) is 5.78 Å². The number of carbonyl (C=O) groups excluding carboxylic acids is 2. The lowest BCUT2D eigenvalue weighted by atomic mass is 10.4. The maximum Gasteiger partial charge on any atom is 0.156 e. The molecule has 0 radical (unpaired) electrons. The summed E-state index contributed by atoms with van der Waals surface area (Å²) in [7, 11) is 0. The summed E-state index contributed by atoms with van der Waals surface area (Å²) >= 11 is 6.22. The maximum atomic E-state index is 10.4. The number of hydrogen-bond donors (Lipinski definition) is 0. The van der Waals surface area contributed by atoms with Crippen molar-refractivity contribution < 1.29 is 9.59 Å². The molecular formula is C8H14Br2O2. The summed E-state index contributed by atoms with van der Waals surface area (Å²) in [6, 6.07) is 0. The Morgan fingerprint density at radius 2 is 1.42 bits per heavy atom. The van der Waals surface area contributed by atoms with Gasteiger partial charge in [0, 0.05) is 6.42 Å². The standard InChI is InChI=1S/C4H6Br2O.C4H8O/c1-3(7)4(2,5)6;1-3-4(2)5/h1-2H3;3H2,1-2H3. The second kappa shape index (κ2) is 6.78. The first-order valence-corrected chi connectivity index (χ1v) is 5.18. The molecule has 0 fully saturated rings. The molecule has 0 heterocycles. The van der Waals surface area contributed by atoms with E-state index in [0.29, 0.717) is 6.42 Å². The Bertz CT molecular complexity index is 159. The molecule has 0 atom stereocenters. The van der Waals surface area contributed by atoms with E-state index in [1.165, 1.54) is 6.92 Å². The third-order valence-corrected chi connectivity index (χ3v) is 2.23. The quantitative estimate of drug-likeness (QED) is 0.735. The van der Waals surface area contributed by atoms with Crippen LogP contribution in [0, 0.1) is 0 Å². The van der Waals surface area contributed by atoms with E-state index in [4.69, 9.17) is 0 Å². The predicted molar refractivity (Wildman–Crippen MR) is 57.9 cm³/mol. The Labute approximate surface area is 90.4 Å². The van der Waals surface area contributed by atoms with Crippen molar-refractivity contribution in [2.75, 3.05) is 0 Å². The SMILES string of the molecule is CC(=O)C(C)(Br)Br.CCC(C)=O. The van der Waals surface area contributed by atoms with Gasteiger partial charge in [0.1, 0.15) is 9.02 Å². The molecule has 0 unspecified atom stereocenters. The van der Waals surface area contributed by atoms with E-state index in [0.717, 1.165) is 0 Å². The smallest absolute Gasteiger partial charge is 0.156 e. The molecule has 4 heteroatoms. The van der Waals surface area contributed by atoms with Crippen LogP contribution in [0.15, 0.2) is 0 Å². The van der Waals surface area contributed by atoms with Gasteiger partial charge in [0.05, 0.1) is 0 Å². The maximum absolute atomic E-state index is 10.4. The van der Waals surface area contributed by atoms with Gasteiger partial charge in [-0.05, 0) is 20.8 Å². The van der Waals surface area contributed by atoms with Gasteiger partial charge < -0.3 is 4.79 Å². The average Bonchev–Trinajstić information content (AvgIpc) is 1.87. The minimum absolute atomic E-state index is 0.0764. The lowest BCUT2D eigenvalue weighted by molar-refractivity contribution is -0.117. The largest absolute Gasteiger partial charge is 0.300 e. The highest BCUT2D eigenvalue weighted by Crippen LogP contribution is 2.25. The molecule has 0 bridgehead atoms. The summed E-state index contributed by atoms with van der Waals surface area (Å²) in [6.45, 7) is 6.70. The fourth-order valence-corrected chi connectivity index (χ4v) is 0. The number of hydrogen-bond acceptors (Lipinski definition) is 2. The molecule has 12 heavy (non-hydrogen) atoms. The van der Waals surface area contributed by atoms with Crippen LogP contribution in [0.25, 0.3) is 0 Å². The van der Waals surface area contributed by atoms with Crippen LogP contribution in [0.3, 0.4) is 0 Å². The Kier molecular flexibility index (Phi) is 8.36. The van der Waals surface area contributed by atoms with Crippen molar-refractivity contribution in [1.82, 2.24) is 0 Å². The Hall–Kier alpha value is 0.300. The number of alkyl halides is 2. The number of rotatable bonds is 2. The summed E-state index contributed by atoms with van der Waals surface area (Å²) < 4.78 is -0.514. The normalized spacial score (nSPS) is 9.83. The number of Topliss-reactive ketones (excluding diaryl/α,β-unsaturated/α-hetero) is 2. The van der Waals surface area contributed by atoms with Crippen LogP contribution in [0.2, 0.25) is 0 Å². The van der Waals surface area contributed by atoms with Gasteiger partial charge in [-0.2, -0.15) is 0 Å². The fraction of sp³-hybridized carbons (Fsp3) is 0.750. The van der Waals surface area contributed by atoms with Crippen LogP contribution in [0.4, 0.5) is 0 Å². The first-order chi connectivity index (χ1) is 5.21. The number of ketones is 2. The molecule has 0 saturated carbocycles. The Balaban J connectivity index is 0. The minimum Gasteiger partial charge on any atom is -0.300 e. The summed E-state index contributed by atoms with van der Waals surface area (Å²) in [5.41, 5.74) is 0. The van der Waals surface area contributed by atoms with Crippen molar-refractivity contribution in [1.29, 1.82) is 0 Å². The summed E-state index contributed by atoms with van der Waals surface area (Å²) in [4.78, 5) is 20.2. The van der Waals surface area contributed by atoms with Crippen LogP contribution in [-0.2, 0) is 9.59 Å². The van der Waals surface area contributed by atoms with Gasteiger partial charge in [-0.25, -0.2) is 0 Å². The Morgan fingerprint density at radius 3 is 1.42 bits per heavy atom. The third-order valence-electron chi connectivity index (χ3n) is 1.12. The molecule has 0 aromatic heterocycles. The van der Waals surface area contributed by atoms with Crippen molar-refractivity contribution in [2.24, 2.45) is 0 Å². The van der Waals surface area contributed by atoms with Crippen molar-refractivity contribution >= 4 is 43.4 Å². The summed E-state index contributed by atoms with van der Waals surface area (Å²) in [5.74, 6) is 0.331. The highest BCUT2D eigenvalue weighted by molar-refractivity contribution is 9.25. The van der Waals surface area contributed by atoms with Crippen LogP contribution in [0.1, 0.15) is 34.1 Å². The van der Waals surface area contributed by atoms with Crippen molar-refractivity contribution in [3.05, 3.63) is 0 Å². The summed E-state index contributed by atoms with van der Waals surface area (Å²) in [6.07, 6.45) is 0.667. The minimum atomic E-state index is -0.514. The van der Waals surface area contributed by atoms with E-state index in [1.807, 2.05) is 6.92 Å². The molecule has 0 aromatic rings. The van der Waals surface area contributed by atoms with E-state index in [9.17, 15) is 9.59 Å². The average molecular weight is 302 g/mol. The fourth-order valence-electron chi connectivity index (χ4n) is 0. The van der Waals surface area contributed by atoms with E-state index in [2.05, 4.69) is 31.9 Å². The topological polar surface area (TPSA) is 34.1 Å². The first kappa shape index (κ1) is 14.8. The third kappa shape index (κ3) is 12.9. The highest BCUT2D eigenvalue weighted by Gasteiger charge is 2.20. The molecule has 0 aliphatic carbocycles. The van der Waals surface area contributed by atoms with Crippen LogP contribution in [0.5, 0.6) is 0 Å². The summed E-state index contributed by atoms with van der Waals surface area (Å²) in [5, 5.41) is 0. The van der Waals surface area contributed by atoms with Gasteiger partial charge >= 0.3 is 0 Å². The molecule has 0 spiro atoms. The first-order valence-electron chi connectivity index (χ1n) is 3.60. The van der Waals surface area contributed by atoms with Gasteiger partial charge in [-0.3, -0.25) is 4.79 Å². The molecule has 0 rings (SSSR count). The van der Waals surface area contributed by atoms with E-state index in [1.54, 1.807) is 13.8 Å².